The minimum absolute atomic E-state index is 0.136. The molecule has 0 N–H and O–H groups in total. The second-order valence-electron chi connectivity index (χ2n) is 6.90. The molecule has 1 aromatic rings. The second-order valence-corrected chi connectivity index (χ2v) is 7.33. The lowest BCUT2D eigenvalue weighted by molar-refractivity contribution is -0.00837. The Morgan fingerprint density at radius 2 is 2.04 bits per heavy atom. The number of amides is 2. The summed E-state index contributed by atoms with van der Waals surface area (Å²) in [6.45, 7) is 3.06. The van der Waals surface area contributed by atoms with Crippen molar-refractivity contribution in [3.8, 4) is 11.8 Å². The molecule has 3 aliphatic rings. The van der Waals surface area contributed by atoms with E-state index >= 15 is 0 Å². The van der Waals surface area contributed by atoms with Crippen LogP contribution in [0.25, 0.3) is 0 Å². The van der Waals surface area contributed by atoms with Crippen LogP contribution in [0.15, 0.2) is 29.4 Å². The smallest absolute Gasteiger partial charge is 0.320 e. The second kappa shape index (κ2) is 6.61. The van der Waals surface area contributed by atoms with Gasteiger partial charge in [-0.25, -0.2) is 4.79 Å². The first kappa shape index (κ1) is 16.3. The van der Waals surface area contributed by atoms with Gasteiger partial charge >= 0.3 is 6.03 Å². The van der Waals surface area contributed by atoms with Crippen LogP contribution in [0.4, 0.5) is 4.79 Å². The molecule has 1 unspecified atom stereocenters. The number of likely N-dealkylation sites (tertiary alicyclic amines) is 2. The van der Waals surface area contributed by atoms with Crippen LogP contribution >= 0.6 is 11.6 Å². The quantitative estimate of drug-likeness (QED) is 0.670. The fourth-order valence-electron chi connectivity index (χ4n) is 3.63. The molecule has 0 aromatic heterocycles. The van der Waals surface area contributed by atoms with Crippen molar-refractivity contribution in [2.75, 3.05) is 26.2 Å². The summed E-state index contributed by atoms with van der Waals surface area (Å²) in [6, 6.07) is 7.57. The van der Waals surface area contributed by atoms with Crippen LogP contribution in [-0.4, -0.2) is 53.3 Å². The summed E-state index contributed by atoms with van der Waals surface area (Å²) in [6.07, 6.45) is 3.67. The molecule has 130 valence electrons. The Labute approximate surface area is 152 Å². The topological polar surface area (TPSA) is 45.1 Å². The van der Waals surface area contributed by atoms with Gasteiger partial charge in [0.05, 0.1) is 6.54 Å². The standard InChI is InChI=1S/C19H20ClN3O2/c20-16-5-3-4-15(12-16)6-7-17-13-19(25-21-17)8-11-23(14-19)18(24)22-9-1-2-10-22/h3-5,12H,1-2,8-11,13-14H2. The minimum atomic E-state index is -0.395. The Hall–Kier alpha value is -2.19. The van der Waals surface area contributed by atoms with Gasteiger partial charge < -0.3 is 14.6 Å². The van der Waals surface area contributed by atoms with Crippen molar-refractivity contribution in [1.29, 1.82) is 0 Å². The molecule has 0 bridgehead atoms. The maximum Gasteiger partial charge on any atom is 0.320 e. The minimum Gasteiger partial charge on any atom is -0.386 e. The van der Waals surface area contributed by atoms with Crippen LogP contribution in [0, 0.1) is 11.8 Å². The summed E-state index contributed by atoms with van der Waals surface area (Å²) < 4.78 is 0. The van der Waals surface area contributed by atoms with Crippen LogP contribution in [0.3, 0.4) is 0 Å². The van der Waals surface area contributed by atoms with E-state index in [2.05, 4.69) is 17.0 Å². The normalized spacial score (nSPS) is 24.9. The maximum absolute atomic E-state index is 12.5. The summed E-state index contributed by atoms with van der Waals surface area (Å²) in [4.78, 5) is 22.1. The number of rotatable bonds is 0. The van der Waals surface area contributed by atoms with Crippen molar-refractivity contribution in [1.82, 2.24) is 9.80 Å². The summed E-state index contributed by atoms with van der Waals surface area (Å²) in [5, 5.41) is 4.82. The van der Waals surface area contributed by atoms with Crippen molar-refractivity contribution in [3.05, 3.63) is 34.9 Å². The first-order chi connectivity index (χ1) is 12.1. The highest BCUT2D eigenvalue weighted by molar-refractivity contribution is 6.30. The number of hydrogen-bond donors (Lipinski definition) is 0. The zero-order valence-corrected chi connectivity index (χ0v) is 14.8. The molecule has 6 heteroatoms. The number of carbonyl (C=O) groups excluding carboxylic acids is 1. The number of hydrogen-bond acceptors (Lipinski definition) is 3. The lowest BCUT2D eigenvalue weighted by Crippen LogP contribution is -2.43. The Morgan fingerprint density at radius 3 is 2.84 bits per heavy atom. The third kappa shape index (κ3) is 3.45. The number of carbonyl (C=O) groups is 1. The Balaban J connectivity index is 1.38. The number of benzene rings is 1. The average Bonchev–Trinajstić information content (AvgIpc) is 3.35. The zero-order valence-electron chi connectivity index (χ0n) is 14.0. The molecule has 2 fully saturated rings. The van der Waals surface area contributed by atoms with Crippen LogP contribution in [0.1, 0.15) is 31.2 Å². The van der Waals surface area contributed by atoms with Gasteiger partial charge in [-0.2, -0.15) is 0 Å². The van der Waals surface area contributed by atoms with E-state index in [1.54, 1.807) is 0 Å². The number of urea groups is 1. The van der Waals surface area contributed by atoms with Gasteiger partial charge in [-0.1, -0.05) is 28.7 Å². The lowest BCUT2D eigenvalue weighted by Gasteiger charge is -2.25. The zero-order chi connectivity index (χ0) is 17.3. The van der Waals surface area contributed by atoms with Crippen molar-refractivity contribution in [2.45, 2.75) is 31.3 Å². The van der Waals surface area contributed by atoms with Gasteiger partial charge in [0.2, 0.25) is 0 Å². The van der Waals surface area contributed by atoms with E-state index in [0.717, 1.165) is 50.2 Å². The van der Waals surface area contributed by atoms with Crippen LogP contribution in [0.5, 0.6) is 0 Å². The molecule has 1 atom stereocenters. The van der Waals surface area contributed by atoms with E-state index in [4.69, 9.17) is 16.4 Å². The molecule has 25 heavy (non-hydrogen) atoms. The van der Waals surface area contributed by atoms with Crippen LogP contribution in [0.2, 0.25) is 5.02 Å². The molecule has 4 rings (SSSR count). The van der Waals surface area contributed by atoms with E-state index in [-0.39, 0.29) is 6.03 Å². The molecule has 3 heterocycles. The molecular formula is C19H20ClN3O2. The number of halogens is 1. The Bertz CT molecular complexity index is 776. The maximum atomic E-state index is 12.5. The molecule has 1 spiro atoms. The van der Waals surface area contributed by atoms with Gasteiger partial charge in [-0.3, -0.25) is 0 Å². The predicted octanol–water partition coefficient (Wildman–Crippen LogP) is 3.13. The van der Waals surface area contributed by atoms with Crippen molar-refractivity contribution in [3.63, 3.8) is 0 Å². The highest BCUT2D eigenvalue weighted by Gasteiger charge is 2.47. The lowest BCUT2D eigenvalue weighted by atomic mass is 9.96. The van der Waals surface area contributed by atoms with Gasteiger partial charge in [-0.05, 0) is 37.0 Å². The molecule has 0 saturated carbocycles. The summed E-state index contributed by atoms with van der Waals surface area (Å²) in [5.74, 6) is 6.16. The van der Waals surface area contributed by atoms with Crippen molar-refractivity contribution >= 4 is 23.3 Å². The SMILES string of the molecule is O=C(N1CCCC1)N1CCC2(CC(C#Cc3cccc(Cl)c3)=NO2)C1. The summed E-state index contributed by atoms with van der Waals surface area (Å²) in [7, 11) is 0. The van der Waals surface area contributed by atoms with E-state index in [0.29, 0.717) is 18.0 Å². The Morgan fingerprint density at radius 1 is 1.20 bits per heavy atom. The average molecular weight is 358 g/mol. The molecule has 3 aliphatic heterocycles. The van der Waals surface area contributed by atoms with Crippen LogP contribution in [-0.2, 0) is 4.84 Å². The van der Waals surface area contributed by atoms with E-state index in [1.807, 2.05) is 34.1 Å². The Kier molecular flexibility index (Phi) is 4.30. The van der Waals surface area contributed by atoms with E-state index < -0.39 is 5.60 Å². The van der Waals surface area contributed by atoms with E-state index in [9.17, 15) is 4.79 Å². The summed E-state index contributed by atoms with van der Waals surface area (Å²) in [5.41, 5.74) is 1.19. The monoisotopic (exact) mass is 357 g/mol. The number of oxime groups is 1. The largest absolute Gasteiger partial charge is 0.386 e. The van der Waals surface area contributed by atoms with Gasteiger partial charge in [0.25, 0.3) is 0 Å². The fraction of sp³-hybridized carbons (Fsp3) is 0.474. The highest BCUT2D eigenvalue weighted by atomic mass is 35.5. The molecule has 5 nitrogen and oxygen atoms in total. The first-order valence-corrected chi connectivity index (χ1v) is 9.08. The number of nitrogens with zero attached hydrogens (tertiary/aromatic N) is 3. The van der Waals surface area contributed by atoms with Gasteiger partial charge in [0.15, 0.2) is 5.60 Å². The fourth-order valence-corrected chi connectivity index (χ4v) is 3.82. The van der Waals surface area contributed by atoms with Crippen molar-refractivity contribution < 1.29 is 9.63 Å². The van der Waals surface area contributed by atoms with Crippen LogP contribution < -0.4 is 0 Å². The molecule has 1 aromatic carbocycles. The predicted molar refractivity (Wildman–Crippen MR) is 96.6 cm³/mol. The molecule has 2 saturated heterocycles. The van der Waals surface area contributed by atoms with E-state index in [1.165, 1.54) is 0 Å². The van der Waals surface area contributed by atoms with Gasteiger partial charge in [0.1, 0.15) is 5.71 Å². The van der Waals surface area contributed by atoms with Gasteiger partial charge in [-0.15, -0.1) is 0 Å². The molecule has 0 radical (unpaired) electrons. The molecule has 2 amide bonds. The highest BCUT2D eigenvalue weighted by Crippen LogP contribution is 2.34. The third-order valence-electron chi connectivity index (χ3n) is 4.98. The van der Waals surface area contributed by atoms with Crippen molar-refractivity contribution in [2.24, 2.45) is 5.16 Å². The molecular weight excluding hydrogens is 338 g/mol. The molecule has 0 aliphatic carbocycles. The van der Waals surface area contributed by atoms with Gasteiger partial charge in [0, 0.05) is 43.1 Å². The summed E-state index contributed by atoms with van der Waals surface area (Å²) >= 11 is 5.97. The first-order valence-electron chi connectivity index (χ1n) is 8.70. The third-order valence-corrected chi connectivity index (χ3v) is 5.21.